The van der Waals surface area contributed by atoms with E-state index in [2.05, 4.69) is 226 Å². The summed E-state index contributed by atoms with van der Waals surface area (Å²) in [5, 5.41) is 21.3. The Kier molecular flexibility index (Phi) is 35.9. The normalized spacial score (nSPS) is 18.0. The van der Waals surface area contributed by atoms with E-state index in [0.29, 0.717) is 64.2 Å². The third-order valence-corrected chi connectivity index (χ3v) is 18.6. The summed E-state index contributed by atoms with van der Waals surface area (Å²) in [5.41, 5.74) is 15.9. The maximum atomic E-state index is 8.64. The van der Waals surface area contributed by atoms with Crippen LogP contribution in [0.25, 0.3) is 0 Å². The number of nitrogens with zero attached hydrogens (tertiary/aromatic N) is 3. The van der Waals surface area contributed by atoms with Gasteiger partial charge in [-0.05, 0) is 121 Å². The van der Waals surface area contributed by atoms with Gasteiger partial charge in [0.25, 0.3) is 6.47 Å². The third-order valence-electron chi connectivity index (χ3n) is 18.6. The van der Waals surface area contributed by atoms with Crippen LogP contribution in [0.5, 0.6) is 23.3 Å². The Morgan fingerprint density at radius 2 is 0.774 bits per heavy atom. The zero-order valence-electron chi connectivity index (χ0n) is 63.2. The fraction of sp³-hybridized carbons (Fsp3) is 0.337. The third kappa shape index (κ3) is 26.1. The van der Waals surface area contributed by atoms with Crippen molar-refractivity contribution >= 4 is 29.1 Å². The van der Waals surface area contributed by atoms with Gasteiger partial charge in [-0.15, -0.1) is 10.2 Å². The van der Waals surface area contributed by atoms with Crippen molar-refractivity contribution in [2.75, 3.05) is 0 Å². The van der Waals surface area contributed by atoms with Crippen molar-refractivity contribution in [2.24, 2.45) is 11.8 Å². The summed E-state index contributed by atoms with van der Waals surface area (Å²) in [6, 6.07) is 78.4. The number of alkyl halides is 1. The van der Waals surface area contributed by atoms with Crippen LogP contribution in [0.4, 0.5) is 0 Å². The Morgan fingerprint density at radius 3 is 1.09 bits per heavy atom. The summed E-state index contributed by atoms with van der Waals surface area (Å²) in [4.78, 5) is 11.2. The van der Waals surface area contributed by atoms with E-state index in [4.69, 9.17) is 53.0 Å². The molecule has 17 heteroatoms. The summed E-state index contributed by atoms with van der Waals surface area (Å²) in [7, 11) is 0. The van der Waals surface area contributed by atoms with Gasteiger partial charge in [0.2, 0.25) is 11.8 Å². The summed E-state index contributed by atoms with van der Waals surface area (Å²) in [6.45, 7) is 24.5. The van der Waals surface area contributed by atoms with Crippen molar-refractivity contribution in [3.8, 4) is 23.3 Å². The number of hydrogen-bond acceptors (Lipinski definition) is 13. The quantitative estimate of drug-likeness (QED) is 0.0113. The summed E-state index contributed by atoms with van der Waals surface area (Å²) < 4.78 is 55.7. The average Bonchev–Trinajstić information content (AvgIpc) is 1.23. The Balaban J connectivity index is 0.000000241. The van der Waals surface area contributed by atoms with Crippen LogP contribution in [0.3, 0.4) is 0 Å². The van der Waals surface area contributed by atoms with E-state index in [0.717, 1.165) is 95.3 Å². The summed E-state index contributed by atoms with van der Waals surface area (Å²) in [5.74, 6) is 3.26. The number of aromatic nitrogens is 4. The molecule has 2 heterocycles. The number of benzene rings is 8. The number of carbonyl (C=O) groups is 1. The number of rotatable bonds is 30. The Labute approximate surface area is 700 Å². The first-order valence-electron chi connectivity index (χ1n) is 36.5. The first-order valence-corrected chi connectivity index (χ1v) is 37.7. The van der Waals surface area contributed by atoms with Crippen molar-refractivity contribution in [1.29, 1.82) is 0 Å². The molecule has 12 rings (SSSR count). The van der Waals surface area contributed by atoms with Gasteiger partial charge < -0.3 is 48.0 Å². The average molecular weight is 1660 g/mol. The molecule has 0 amide bonds. The van der Waals surface area contributed by atoms with Crippen LogP contribution < -0.4 is 93.1 Å². The second kappa shape index (κ2) is 45.0. The van der Waals surface area contributed by atoms with Gasteiger partial charge in [0.15, 0.2) is 0 Å². The molecule has 2 aliphatic rings. The SMILES string of the molecule is CC(C)I.CCC1=C[C@@H](Oc2n[nH]c(C)c2Cc2ccc(OCc3ccccc3)cc2)[C@H](OCc2ccccc2)[C@@H](OCc2ccccc2)[C@@H]1C.CCC1=C[C@@H](Oc2nn(C(C)C)c(C)c2Cc2ccc(OCc3ccccc3)cc2)[C@H](OCc2ccccc2)[C@@H](OCc2ccccc2)[C@@H]1C.O=CO[O-].[Cs+]. The minimum atomic E-state index is -0.381. The predicted molar refractivity (Wildman–Crippen MR) is 421 cm³/mol. The number of halogens is 1. The molecule has 2 aromatic heterocycles. The zero-order chi connectivity index (χ0) is 74.3. The number of aryl methyl sites for hydroxylation is 1. The fourth-order valence-corrected chi connectivity index (χ4v) is 12.9. The molecule has 1 N–H and O–H groups in total. The molecule has 0 bridgehead atoms. The molecule has 15 nitrogen and oxygen atoms in total. The zero-order valence-corrected chi connectivity index (χ0v) is 71.7. The fourth-order valence-electron chi connectivity index (χ4n) is 12.9. The molecule has 0 spiro atoms. The number of H-pyrrole nitrogens is 1. The van der Waals surface area contributed by atoms with Crippen molar-refractivity contribution in [2.45, 2.75) is 181 Å². The number of carbonyl (C=O) groups excluding carboxylic acids is 1. The molecule has 0 fully saturated rings. The number of nitrogens with one attached hydrogen (secondary N) is 1. The Bertz CT molecular complexity index is 4180. The molecule has 0 unspecified atom stereocenters. The molecule has 552 valence electrons. The molecular formula is C89H102CsIN4O11. The van der Waals surface area contributed by atoms with Gasteiger partial charge in [-0.3, -0.25) is 14.6 Å². The Hall–Kier alpha value is -7.09. The van der Waals surface area contributed by atoms with Crippen LogP contribution in [0, 0.1) is 25.7 Å². The van der Waals surface area contributed by atoms with E-state index in [1.807, 2.05) is 128 Å². The first kappa shape index (κ1) is 84.5. The van der Waals surface area contributed by atoms with Gasteiger partial charge >= 0.3 is 68.9 Å². The van der Waals surface area contributed by atoms with Gasteiger partial charge in [0.1, 0.15) is 49.1 Å². The van der Waals surface area contributed by atoms with Crippen LogP contribution in [-0.2, 0) is 81.1 Å². The monoisotopic (exact) mass is 1660 g/mol. The van der Waals surface area contributed by atoms with Gasteiger partial charge in [-0.2, -0.15) is 0 Å². The molecule has 0 aliphatic heterocycles. The van der Waals surface area contributed by atoms with Gasteiger partial charge in [-0.25, -0.2) is 0 Å². The molecule has 10 aromatic rings. The molecule has 8 atom stereocenters. The van der Waals surface area contributed by atoms with Crippen molar-refractivity contribution in [1.82, 2.24) is 20.0 Å². The smallest absolute Gasteiger partial charge is 0.662 e. The van der Waals surface area contributed by atoms with E-state index in [1.54, 1.807) is 0 Å². The topological polar surface area (TPSA) is 170 Å². The van der Waals surface area contributed by atoms with Crippen LogP contribution in [0.1, 0.15) is 141 Å². The largest absolute Gasteiger partial charge is 1.00 e. The molecule has 0 saturated heterocycles. The predicted octanol–water partition coefficient (Wildman–Crippen LogP) is 15.9. The molecule has 106 heavy (non-hydrogen) atoms. The summed E-state index contributed by atoms with van der Waals surface area (Å²) in [6.07, 6.45) is 5.82. The van der Waals surface area contributed by atoms with Crippen LogP contribution >= 0.6 is 22.6 Å². The van der Waals surface area contributed by atoms with Crippen LogP contribution in [-0.4, -0.2) is 67.0 Å². The number of aromatic amines is 1. The molecule has 2 aliphatic carbocycles. The summed E-state index contributed by atoms with van der Waals surface area (Å²) >= 11 is 2.34. The first-order chi connectivity index (χ1) is 51.1. The van der Waals surface area contributed by atoms with E-state index in [9.17, 15) is 0 Å². The maximum Gasteiger partial charge on any atom is 1.00 e. The molecule has 8 aromatic carbocycles. The Morgan fingerprint density at radius 1 is 0.462 bits per heavy atom. The molecule has 0 saturated carbocycles. The molecular weight excluding hydrogens is 1560 g/mol. The number of ether oxygens (including phenoxy) is 8. The van der Waals surface area contributed by atoms with E-state index < -0.39 is 0 Å². The van der Waals surface area contributed by atoms with Gasteiger partial charge in [0.05, 0.1) is 38.6 Å². The van der Waals surface area contributed by atoms with Crippen molar-refractivity contribution in [3.63, 3.8) is 0 Å². The molecule has 0 radical (unpaired) electrons. The van der Waals surface area contributed by atoms with E-state index >= 15 is 0 Å². The minimum absolute atomic E-state index is 0. The second-order valence-corrected chi connectivity index (χ2v) is 29.4. The van der Waals surface area contributed by atoms with Gasteiger partial charge in [0, 0.05) is 57.2 Å². The van der Waals surface area contributed by atoms with Crippen molar-refractivity contribution < 1.29 is 122 Å². The number of hydrogen-bond donors (Lipinski definition) is 1. The maximum absolute atomic E-state index is 8.64. The van der Waals surface area contributed by atoms with Crippen LogP contribution in [0.15, 0.2) is 254 Å². The van der Waals surface area contributed by atoms with Crippen LogP contribution in [0.2, 0.25) is 0 Å². The van der Waals surface area contributed by atoms with Crippen molar-refractivity contribution in [3.05, 3.63) is 321 Å². The standard InChI is InChI=1S/C44H50N2O4.C41H44N2O4.C3H7I.CH2O3.Cs/c1-6-38-27-41(43(49-30-37-20-14-9-15-21-37)42(32(38)4)48-29-36-18-12-8-13-19-36)50-44-40(33(5)46(45-44)31(2)3)26-34-22-24-39(25-23-34)47-28-35-16-10-7-11-17-35;1-4-35-25-38(40(46-28-34-18-12-7-13-19-34)39(29(35)2)45-27-33-16-10-6-11-17-33)47-41-37(30(3)42-43-41)24-31-20-22-36(23-21-31)44-26-32-14-8-5-9-15-32;1-3(2)4;2-1-4-3;/h7-25,27,31-32,41-43H,6,26,28-30H2,1-5H3;5-23,25,29,38-40H,4,24,26-28H2,1-3H3,(H,42,43);3H,1-2H3;1,3H;/q;;;;+1/p-1/t32-,41-,42+,43+;29-,38-,39+,40+;;;/m11.../s1. The van der Waals surface area contributed by atoms with E-state index in [-0.39, 0.29) is 130 Å². The van der Waals surface area contributed by atoms with E-state index in [1.165, 1.54) is 11.1 Å². The van der Waals surface area contributed by atoms with Gasteiger partial charge in [-0.1, -0.05) is 282 Å². The minimum Gasteiger partial charge on any atom is -0.662 e. The second-order valence-electron chi connectivity index (χ2n) is 26.9.